The molecule has 0 spiro atoms. The third kappa shape index (κ3) is 3.28. The monoisotopic (exact) mass is 185 g/mol. The van der Waals surface area contributed by atoms with Crippen molar-refractivity contribution in [1.29, 1.82) is 0 Å². The Morgan fingerprint density at radius 3 is 2.62 bits per heavy atom. The first-order valence-electron chi connectivity index (χ1n) is 5.49. The fourth-order valence-corrected chi connectivity index (χ4v) is 2.38. The molecule has 1 aliphatic rings. The van der Waals surface area contributed by atoms with Crippen LogP contribution in [0.4, 0.5) is 0 Å². The molecule has 1 rings (SSSR count). The van der Waals surface area contributed by atoms with E-state index in [2.05, 4.69) is 19.2 Å². The summed E-state index contributed by atoms with van der Waals surface area (Å²) in [4.78, 5) is 0. The molecule has 78 valence electrons. The van der Waals surface area contributed by atoms with Crippen molar-refractivity contribution >= 4 is 0 Å². The Bertz CT molecular complexity index is 128. The quantitative estimate of drug-likeness (QED) is 0.726. The standard InChI is InChI=1S/C11H23NO/c1-9(2)11(13-3)10-5-4-7-12-8-6-10/h9-12H,4-8H2,1-3H3. The molecule has 0 saturated carbocycles. The van der Waals surface area contributed by atoms with Crippen LogP contribution in [0.3, 0.4) is 0 Å². The normalized spacial score (nSPS) is 27.2. The van der Waals surface area contributed by atoms with Crippen molar-refractivity contribution in [3.63, 3.8) is 0 Å². The lowest BCUT2D eigenvalue weighted by atomic mass is 9.87. The Morgan fingerprint density at radius 2 is 2.00 bits per heavy atom. The molecule has 2 heteroatoms. The summed E-state index contributed by atoms with van der Waals surface area (Å²) in [6.45, 7) is 6.86. The second-order valence-corrected chi connectivity index (χ2v) is 4.39. The number of rotatable bonds is 3. The molecule has 0 aliphatic carbocycles. The van der Waals surface area contributed by atoms with E-state index in [0.717, 1.165) is 12.5 Å². The minimum Gasteiger partial charge on any atom is -0.381 e. The van der Waals surface area contributed by atoms with E-state index in [4.69, 9.17) is 4.74 Å². The van der Waals surface area contributed by atoms with Gasteiger partial charge in [0, 0.05) is 7.11 Å². The van der Waals surface area contributed by atoms with Crippen molar-refractivity contribution in [2.75, 3.05) is 20.2 Å². The highest BCUT2D eigenvalue weighted by atomic mass is 16.5. The zero-order valence-corrected chi connectivity index (χ0v) is 9.18. The molecule has 13 heavy (non-hydrogen) atoms. The molecule has 1 saturated heterocycles. The lowest BCUT2D eigenvalue weighted by Gasteiger charge is -2.27. The first-order valence-corrected chi connectivity index (χ1v) is 5.49. The topological polar surface area (TPSA) is 21.3 Å². The van der Waals surface area contributed by atoms with Gasteiger partial charge in [-0.05, 0) is 44.2 Å². The second kappa shape index (κ2) is 5.61. The largest absolute Gasteiger partial charge is 0.381 e. The van der Waals surface area contributed by atoms with Crippen LogP contribution in [-0.2, 0) is 4.74 Å². The van der Waals surface area contributed by atoms with Crippen molar-refractivity contribution in [2.24, 2.45) is 11.8 Å². The van der Waals surface area contributed by atoms with Gasteiger partial charge in [-0.15, -0.1) is 0 Å². The number of methoxy groups -OCH3 is 1. The highest BCUT2D eigenvalue weighted by molar-refractivity contribution is 4.76. The minimum atomic E-state index is 0.458. The molecule has 0 radical (unpaired) electrons. The zero-order chi connectivity index (χ0) is 9.68. The van der Waals surface area contributed by atoms with Crippen molar-refractivity contribution in [3.05, 3.63) is 0 Å². The maximum atomic E-state index is 5.58. The van der Waals surface area contributed by atoms with E-state index in [-0.39, 0.29) is 0 Å². The molecule has 1 fully saturated rings. The van der Waals surface area contributed by atoms with Gasteiger partial charge in [0.25, 0.3) is 0 Å². The number of ether oxygens (including phenoxy) is 1. The number of nitrogens with one attached hydrogen (secondary N) is 1. The summed E-state index contributed by atoms with van der Waals surface area (Å²) in [5.41, 5.74) is 0. The maximum Gasteiger partial charge on any atom is 0.0622 e. The van der Waals surface area contributed by atoms with Gasteiger partial charge >= 0.3 is 0 Å². The third-order valence-electron chi connectivity index (χ3n) is 3.01. The van der Waals surface area contributed by atoms with E-state index >= 15 is 0 Å². The summed E-state index contributed by atoms with van der Waals surface area (Å²) < 4.78 is 5.58. The molecule has 1 aliphatic heterocycles. The van der Waals surface area contributed by atoms with Crippen LogP contribution in [0, 0.1) is 11.8 Å². The predicted octanol–water partition coefficient (Wildman–Crippen LogP) is 2.05. The summed E-state index contributed by atoms with van der Waals surface area (Å²) in [5.74, 6) is 1.41. The molecule has 1 heterocycles. The third-order valence-corrected chi connectivity index (χ3v) is 3.01. The van der Waals surface area contributed by atoms with Crippen molar-refractivity contribution in [2.45, 2.75) is 39.2 Å². The van der Waals surface area contributed by atoms with Gasteiger partial charge in [-0.1, -0.05) is 13.8 Å². The Morgan fingerprint density at radius 1 is 1.23 bits per heavy atom. The van der Waals surface area contributed by atoms with Crippen LogP contribution in [0.1, 0.15) is 33.1 Å². The fraction of sp³-hybridized carbons (Fsp3) is 1.00. The highest BCUT2D eigenvalue weighted by Crippen LogP contribution is 2.24. The molecular formula is C11H23NO. The molecule has 2 unspecified atom stereocenters. The van der Waals surface area contributed by atoms with E-state index in [9.17, 15) is 0 Å². The summed E-state index contributed by atoms with van der Waals surface area (Å²) in [6, 6.07) is 0. The molecule has 1 N–H and O–H groups in total. The van der Waals surface area contributed by atoms with Gasteiger partial charge in [-0.25, -0.2) is 0 Å². The summed E-state index contributed by atoms with van der Waals surface area (Å²) in [6.07, 6.45) is 4.36. The van der Waals surface area contributed by atoms with Gasteiger partial charge in [-0.3, -0.25) is 0 Å². The minimum absolute atomic E-state index is 0.458. The van der Waals surface area contributed by atoms with E-state index in [1.54, 1.807) is 0 Å². The van der Waals surface area contributed by atoms with Crippen LogP contribution in [0.15, 0.2) is 0 Å². The van der Waals surface area contributed by atoms with Crippen LogP contribution >= 0.6 is 0 Å². The van der Waals surface area contributed by atoms with Gasteiger partial charge in [0.1, 0.15) is 0 Å². The van der Waals surface area contributed by atoms with Crippen molar-refractivity contribution in [1.82, 2.24) is 5.32 Å². The van der Waals surface area contributed by atoms with Crippen LogP contribution < -0.4 is 5.32 Å². The Balaban J connectivity index is 2.45. The molecule has 0 amide bonds. The van der Waals surface area contributed by atoms with E-state index in [0.29, 0.717) is 12.0 Å². The van der Waals surface area contributed by atoms with E-state index in [1.807, 2.05) is 7.11 Å². The average molecular weight is 185 g/mol. The van der Waals surface area contributed by atoms with E-state index in [1.165, 1.54) is 25.8 Å². The van der Waals surface area contributed by atoms with Gasteiger partial charge in [-0.2, -0.15) is 0 Å². The van der Waals surface area contributed by atoms with Crippen LogP contribution in [0.25, 0.3) is 0 Å². The van der Waals surface area contributed by atoms with Crippen LogP contribution in [0.5, 0.6) is 0 Å². The van der Waals surface area contributed by atoms with Gasteiger partial charge in [0.2, 0.25) is 0 Å². The Hall–Kier alpha value is -0.0800. The first kappa shape index (κ1) is 11.0. The Labute approximate surface area is 82.0 Å². The van der Waals surface area contributed by atoms with E-state index < -0.39 is 0 Å². The molecule has 0 aromatic heterocycles. The van der Waals surface area contributed by atoms with Gasteiger partial charge < -0.3 is 10.1 Å². The predicted molar refractivity (Wildman–Crippen MR) is 55.8 cm³/mol. The lowest BCUT2D eigenvalue weighted by molar-refractivity contribution is 0.0128. The first-order chi connectivity index (χ1) is 6.25. The summed E-state index contributed by atoms with van der Waals surface area (Å²) in [5, 5.41) is 3.44. The average Bonchev–Trinajstić information content (AvgIpc) is 2.33. The zero-order valence-electron chi connectivity index (χ0n) is 9.18. The summed E-state index contributed by atoms with van der Waals surface area (Å²) >= 11 is 0. The second-order valence-electron chi connectivity index (χ2n) is 4.39. The molecule has 2 atom stereocenters. The molecule has 0 bridgehead atoms. The molecule has 0 aromatic carbocycles. The number of hydrogen-bond acceptors (Lipinski definition) is 2. The molecule has 2 nitrogen and oxygen atoms in total. The maximum absolute atomic E-state index is 5.58. The van der Waals surface area contributed by atoms with Crippen molar-refractivity contribution in [3.8, 4) is 0 Å². The SMILES string of the molecule is COC(C(C)C)C1CCCNCC1. The molecular weight excluding hydrogens is 162 g/mol. The van der Waals surface area contributed by atoms with Gasteiger partial charge in [0.05, 0.1) is 6.10 Å². The van der Waals surface area contributed by atoms with Crippen LogP contribution in [0.2, 0.25) is 0 Å². The Kier molecular flexibility index (Phi) is 4.74. The fourth-order valence-electron chi connectivity index (χ4n) is 2.38. The van der Waals surface area contributed by atoms with Crippen molar-refractivity contribution < 1.29 is 4.74 Å². The highest BCUT2D eigenvalue weighted by Gasteiger charge is 2.24. The summed E-state index contributed by atoms with van der Waals surface area (Å²) in [7, 11) is 1.85. The molecule has 0 aromatic rings. The van der Waals surface area contributed by atoms with Gasteiger partial charge in [0.15, 0.2) is 0 Å². The van der Waals surface area contributed by atoms with Crippen LogP contribution in [-0.4, -0.2) is 26.3 Å². The number of hydrogen-bond donors (Lipinski definition) is 1. The lowest BCUT2D eigenvalue weighted by Crippen LogP contribution is -2.29. The smallest absolute Gasteiger partial charge is 0.0622 e.